The molecule has 0 aliphatic rings. The first kappa shape index (κ1) is 16.2. The summed E-state index contributed by atoms with van der Waals surface area (Å²) in [6.07, 6.45) is 5.12. The number of hydrogen-bond donors (Lipinski definition) is 2. The molecule has 2 N–H and O–H groups in total. The Labute approximate surface area is 106 Å². The van der Waals surface area contributed by atoms with Crippen LogP contribution in [0.25, 0.3) is 0 Å². The summed E-state index contributed by atoms with van der Waals surface area (Å²) in [5, 5.41) is 6.59. The van der Waals surface area contributed by atoms with Crippen molar-refractivity contribution in [2.24, 2.45) is 10.9 Å². The molecule has 0 heterocycles. The van der Waals surface area contributed by atoms with Crippen LogP contribution >= 0.6 is 0 Å². The van der Waals surface area contributed by atoms with Gasteiger partial charge in [-0.3, -0.25) is 4.99 Å². The molecular formula is C13H29N3O. The van der Waals surface area contributed by atoms with E-state index < -0.39 is 0 Å². The van der Waals surface area contributed by atoms with Crippen molar-refractivity contribution in [3.63, 3.8) is 0 Å². The average Bonchev–Trinajstić information content (AvgIpc) is 2.36. The van der Waals surface area contributed by atoms with Gasteiger partial charge in [-0.25, -0.2) is 0 Å². The third-order valence-corrected chi connectivity index (χ3v) is 2.92. The molecule has 0 aromatic rings. The Balaban J connectivity index is 3.78. The fourth-order valence-corrected chi connectivity index (χ4v) is 1.68. The van der Waals surface area contributed by atoms with E-state index in [2.05, 4.69) is 29.5 Å². The van der Waals surface area contributed by atoms with Crippen LogP contribution in [0.5, 0.6) is 0 Å². The lowest BCUT2D eigenvalue weighted by Gasteiger charge is -2.17. The van der Waals surface area contributed by atoms with Gasteiger partial charge in [0.25, 0.3) is 0 Å². The molecule has 0 saturated carbocycles. The maximum Gasteiger partial charge on any atom is 0.191 e. The van der Waals surface area contributed by atoms with E-state index in [0.717, 1.165) is 25.0 Å². The molecule has 0 bridgehead atoms. The highest BCUT2D eigenvalue weighted by atomic mass is 16.5. The number of guanidine groups is 1. The number of hydrogen-bond acceptors (Lipinski definition) is 2. The largest absolute Gasteiger partial charge is 0.383 e. The van der Waals surface area contributed by atoms with E-state index in [1.54, 1.807) is 14.2 Å². The van der Waals surface area contributed by atoms with Crippen LogP contribution in [0.15, 0.2) is 4.99 Å². The van der Waals surface area contributed by atoms with Crippen LogP contribution in [0.3, 0.4) is 0 Å². The average molecular weight is 243 g/mol. The second-order valence-corrected chi connectivity index (χ2v) is 4.29. The van der Waals surface area contributed by atoms with E-state index in [-0.39, 0.29) is 0 Å². The molecule has 0 fully saturated rings. The van der Waals surface area contributed by atoms with E-state index in [1.165, 1.54) is 25.7 Å². The van der Waals surface area contributed by atoms with Gasteiger partial charge in [-0.2, -0.15) is 0 Å². The highest BCUT2D eigenvalue weighted by molar-refractivity contribution is 5.79. The Kier molecular flexibility index (Phi) is 11.2. The molecular weight excluding hydrogens is 214 g/mol. The normalized spacial score (nSPS) is 13.5. The van der Waals surface area contributed by atoms with Crippen LogP contribution in [0, 0.1) is 5.92 Å². The van der Waals surface area contributed by atoms with Crippen LogP contribution in [0.1, 0.15) is 39.5 Å². The van der Waals surface area contributed by atoms with Crippen molar-refractivity contribution in [2.75, 3.05) is 33.9 Å². The second kappa shape index (κ2) is 11.7. The molecule has 1 unspecified atom stereocenters. The standard InChI is InChI=1S/C13H29N3O/c1-5-7-8-12(6-2)11-16-13(14-3)15-9-10-17-4/h12H,5-11H2,1-4H3,(H2,14,15,16). The minimum Gasteiger partial charge on any atom is -0.383 e. The van der Waals surface area contributed by atoms with Gasteiger partial charge in [0.15, 0.2) is 5.96 Å². The lowest BCUT2D eigenvalue weighted by molar-refractivity contribution is 0.203. The summed E-state index contributed by atoms with van der Waals surface area (Å²) >= 11 is 0. The van der Waals surface area contributed by atoms with Gasteiger partial charge >= 0.3 is 0 Å². The zero-order valence-electron chi connectivity index (χ0n) is 11.9. The molecule has 0 saturated heterocycles. The summed E-state index contributed by atoms with van der Waals surface area (Å²) in [4.78, 5) is 4.19. The van der Waals surface area contributed by atoms with Crippen LogP contribution in [-0.4, -0.2) is 39.8 Å². The first-order valence-corrected chi connectivity index (χ1v) is 6.71. The summed E-state index contributed by atoms with van der Waals surface area (Å²) in [6.45, 7) is 6.99. The highest BCUT2D eigenvalue weighted by Crippen LogP contribution is 2.10. The maximum atomic E-state index is 4.99. The number of aliphatic imine (C=N–C) groups is 1. The molecule has 1 atom stereocenters. The molecule has 0 spiro atoms. The Morgan fingerprint density at radius 2 is 2.06 bits per heavy atom. The molecule has 4 heteroatoms. The van der Waals surface area contributed by atoms with Crippen LogP contribution in [-0.2, 0) is 4.74 Å². The summed E-state index contributed by atoms with van der Waals surface area (Å²) in [5.41, 5.74) is 0. The van der Waals surface area contributed by atoms with Crippen LogP contribution < -0.4 is 10.6 Å². The minimum atomic E-state index is 0.702. The molecule has 4 nitrogen and oxygen atoms in total. The first-order chi connectivity index (χ1) is 8.28. The van der Waals surface area contributed by atoms with E-state index in [4.69, 9.17) is 4.74 Å². The van der Waals surface area contributed by atoms with Crippen molar-refractivity contribution in [2.45, 2.75) is 39.5 Å². The predicted molar refractivity (Wildman–Crippen MR) is 74.5 cm³/mol. The molecule has 102 valence electrons. The van der Waals surface area contributed by atoms with Gasteiger partial charge < -0.3 is 15.4 Å². The van der Waals surface area contributed by atoms with Crippen molar-refractivity contribution in [3.8, 4) is 0 Å². The quantitative estimate of drug-likeness (QED) is 0.370. The van der Waals surface area contributed by atoms with Gasteiger partial charge in [-0.05, 0) is 12.3 Å². The number of rotatable bonds is 9. The van der Waals surface area contributed by atoms with Gasteiger partial charge in [0, 0.05) is 27.2 Å². The topological polar surface area (TPSA) is 45.7 Å². The monoisotopic (exact) mass is 243 g/mol. The Morgan fingerprint density at radius 3 is 2.59 bits per heavy atom. The van der Waals surface area contributed by atoms with E-state index >= 15 is 0 Å². The van der Waals surface area contributed by atoms with Crippen LogP contribution in [0.4, 0.5) is 0 Å². The molecule has 0 radical (unpaired) electrons. The number of nitrogens with zero attached hydrogens (tertiary/aromatic N) is 1. The van der Waals surface area contributed by atoms with Crippen LogP contribution in [0.2, 0.25) is 0 Å². The number of ether oxygens (including phenoxy) is 1. The van der Waals surface area contributed by atoms with Crippen molar-refractivity contribution >= 4 is 5.96 Å². The van der Waals surface area contributed by atoms with E-state index in [0.29, 0.717) is 6.61 Å². The Morgan fingerprint density at radius 1 is 1.29 bits per heavy atom. The number of unbranched alkanes of at least 4 members (excludes halogenated alkanes) is 1. The zero-order valence-corrected chi connectivity index (χ0v) is 11.9. The smallest absolute Gasteiger partial charge is 0.191 e. The number of methoxy groups -OCH3 is 1. The first-order valence-electron chi connectivity index (χ1n) is 6.71. The zero-order chi connectivity index (χ0) is 12.9. The lowest BCUT2D eigenvalue weighted by Crippen LogP contribution is -2.41. The number of nitrogens with one attached hydrogen (secondary N) is 2. The molecule has 17 heavy (non-hydrogen) atoms. The maximum absolute atomic E-state index is 4.99. The SMILES string of the molecule is CCCCC(CC)CNC(=NC)NCCOC. The van der Waals surface area contributed by atoms with E-state index in [9.17, 15) is 0 Å². The summed E-state index contributed by atoms with van der Waals surface area (Å²) < 4.78 is 4.99. The van der Waals surface area contributed by atoms with Gasteiger partial charge in [0.2, 0.25) is 0 Å². The second-order valence-electron chi connectivity index (χ2n) is 4.29. The van der Waals surface area contributed by atoms with Crippen molar-refractivity contribution in [1.29, 1.82) is 0 Å². The molecule has 0 aliphatic carbocycles. The summed E-state index contributed by atoms with van der Waals surface area (Å²) in [7, 11) is 3.50. The highest BCUT2D eigenvalue weighted by Gasteiger charge is 2.06. The van der Waals surface area contributed by atoms with Gasteiger partial charge in [-0.1, -0.05) is 33.1 Å². The van der Waals surface area contributed by atoms with Crippen molar-refractivity contribution < 1.29 is 4.74 Å². The lowest BCUT2D eigenvalue weighted by atomic mass is 9.99. The van der Waals surface area contributed by atoms with Crippen molar-refractivity contribution in [3.05, 3.63) is 0 Å². The predicted octanol–water partition coefficient (Wildman–Crippen LogP) is 2.01. The Bertz CT molecular complexity index is 195. The third-order valence-electron chi connectivity index (χ3n) is 2.92. The molecule has 0 rings (SSSR count). The van der Waals surface area contributed by atoms with E-state index in [1.807, 2.05) is 0 Å². The van der Waals surface area contributed by atoms with Gasteiger partial charge in [0.05, 0.1) is 6.61 Å². The van der Waals surface area contributed by atoms with Gasteiger partial charge in [-0.15, -0.1) is 0 Å². The molecule has 0 aromatic carbocycles. The summed E-state index contributed by atoms with van der Waals surface area (Å²) in [6, 6.07) is 0. The Hall–Kier alpha value is -0.770. The molecule has 0 aliphatic heterocycles. The fourth-order valence-electron chi connectivity index (χ4n) is 1.68. The van der Waals surface area contributed by atoms with Gasteiger partial charge in [0.1, 0.15) is 0 Å². The third kappa shape index (κ3) is 8.98. The molecule has 0 amide bonds. The fraction of sp³-hybridized carbons (Fsp3) is 0.923. The summed E-state index contributed by atoms with van der Waals surface area (Å²) in [5.74, 6) is 1.62. The van der Waals surface area contributed by atoms with Crippen molar-refractivity contribution in [1.82, 2.24) is 10.6 Å². The minimum absolute atomic E-state index is 0.702. The molecule has 0 aromatic heterocycles.